The maximum atomic E-state index is 2.41. The molecule has 2 heteroatoms. The van der Waals surface area contributed by atoms with Crippen molar-refractivity contribution in [2.45, 2.75) is 0 Å². The zero-order chi connectivity index (χ0) is 29.0. The molecule has 0 aliphatic carbocycles. The summed E-state index contributed by atoms with van der Waals surface area (Å²) in [5.41, 5.74) is 6.96. The van der Waals surface area contributed by atoms with Crippen LogP contribution in [0.2, 0.25) is 0 Å². The number of aromatic nitrogens is 1. The molecule has 0 saturated heterocycles. The van der Waals surface area contributed by atoms with Crippen LogP contribution in [-0.2, 0) is 0 Å². The molecule has 1 heterocycles. The van der Waals surface area contributed by atoms with E-state index in [2.05, 4.69) is 179 Å². The Balaban J connectivity index is 1.34. The van der Waals surface area contributed by atoms with Gasteiger partial charge >= 0.3 is 0 Å². The molecule has 206 valence electrons. The van der Waals surface area contributed by atoms with Gasteiger partial charge in [0.05, 0.1) is 16.7 Å². The predicted molar refractivity (Wildman–Crippen MR) is 188 cm³/mol. The number of rotatable bonds is 4. The molecule has 0 N–H and O–H groups in total. The molecule has 0 fully saturated rings. The summed E-state index contributed by atoms with van der Waals surface area (Å²) < 4.78 is 2.38. The van der Waals surface area contributed by atoms with Crippen LogP contribution in [0.5, 0.6) is 0 Å². The summed E-state index contributed by atoms with van der Waals surface area (Å²) in [5.74, 6) is 0. The first-order valence-corrected chi connectivity index (χ1v) is 15.1. The van der Waals surface area contributed by atoms with E-state index in [0.29, 0.717) is 0 Å². The van der Waals surface area contributed by atoms with Gasteiger partial charge in [-0.15, -0.1) is 0 Å². The fourth-order valence-corrected chi connectivity index (χ4v) is 7.01. The summed E-state index contributed by atoms with van der Waals surface area (Å²) in [6.45, 7) is 0. The van der Waals surface area contributed by atoms with Crippen LogP contribution in [0.3, 0.4) is 0 Å². The Kier molecular flexibility index (Phi) is 5.54. The first-order valence-electron chi connectivity index (χ1n) is 15.1. The van der Waals surface area contributed by atoms with Gasteiger partial charge in [-0.25, -0.2) is 0 Å². The molecule has 0 spiro atoms. The number of hydrogen-bond acceptors (Lipinski definition) is 1. The summed E-state index contributed by atoms with van der Waals surface area (Å²) in [7, 11) is 0. The SMILES string of the molecule is c1ccc(N(c2ccc3c(ccc4ccc5ccccc5c43)c2)c2cccc3c2c2ccccc2n3-c2ccccc2)cc1. The molecule has 8 aromatic carbocycles. The van der Waals surface area contributed by atoms with E-state index in [9.17, 15) is 0 Å². The maximum Gasteiger partial charge on any atom is 0.0562 e. The van der Waals surface area contributed by atoms with Gasteiger partial charge in [0, 0.05) is 27.8 Å². The van der Waals surface area contributed by atoms with Crippen LogP contribution in [-0.4, -0.2) is 4.57 Å². The molecule has 0 amide bonds. The Morgan fingerprint density at radius 3 is 1.84 bits per heavy atom. The molecule has 0 unspecified atom stereocenters. The van der Waals surface area contributed by atoms with Crippen molar-refractivity contribution in [2.75, 3.05) is 4.90 Å². The molecule has 9 aromatic rings. The number of hydrogen-bond donors (Lipinski definition) is 0. The molecule has 0 atom stereocenters. The van der Waals surface area contributed by atoms with Crippen molar-refractivity contribution in [3.8, 4) is 5.69 Å². The van der Waals surface area contributed by atoms with Gasteiger partial charge in [0.25, 0.3) is 0 Å². The van der Waals surface area contributed by atoms with Gasteiger partial charge in [-0.2, -0.15) is 0 Å². The summed E-state index contributed by atoms with van der Waals surface area (Å²) >= 11 is 0. The Bertz CT molecular complexity index is 2490. The second-order valence-corrected chi connectivity index (χ2v) is 11.4. The second-order valence-electron chi connectivity index (χ2n) is 11.4. The number of para-hydroxylation sites is 3. The van der Waals surface area contributed by atoms with Gasteiger partial charge in [0.1, 0.15) is 0 Å². The van der Waals surface area contributed by atoms with Gasteiger partial charge in [-0.3, -0.25) is 0 Å². The molecule has 2 nitrogen and oxygen atoms in total. The molecule has 1 aromatic heterocycles. The number of nitrogens with zero attached hydrogens (tertiary/aromatic N) is 2. The van der Waals surface area contributed by atoms with Crippen LogP contribution >= 0.6 is 0 Å². The Labute approximate surface area is 255 Å². The molecule has 44 heavy (non-hydrogen) atoms. The van der Waals surface area contributed by atoms with Gasteiger partial charge in [-0.05, 0) is 86.9 Å². The lowest BCUT2D eigenvalue weighted by atomic mass is 9.96. The van der Waals surface area contributed by atoms with Crippen molar-refractivity contribution in [1.82, 2.24) is 4.57 Å². The van der Waals surface area contributed by atoms with E-state index in [0.717, 1.165) is 22.7 Å². The van der Waals surface area contributed by atoms with E-state index in [1.807, 2.05) is 0 Å². The summed E-state index contributed by atoms with van der Waals surface area (Å²) in [4.78, 5) is 2.41. The first-order chi connectivity index (χ1) is 21.8. The molecule has 0 radical (unpaired) electrons. The van der Waals surface area contributed by atoms with Crippen molar-refractivity contribution in [3.63, 3.8) is 0 Å². The molecule has 9 rings (SSSR count). The number of anilines is 3. The Morgan fingerprint density at radius 1 is 0.364 bits per heavy atom. The minimum atomic E-state index is 1.13. The van der Waals surface area contributed by atoms with Gasteiger partial charge in [0.2, 0.25) is 0 Å². The molecule has 0 aliphatic rings. The highest BCUT2D eigenvalue weighted by atomic mass is 15.1. The van der Waals surface area contributed by atoms with E-state index in [-0.39, 0.29) is 0 Å². The average Bonchev–Trinajstić information content (AvgIpc) is 3.44. The predicted octanol–water partition coefficient (Wildman–Crippen LogP) is 11.7. The van der Waals surface area contributed by atoms with Gasteiger partial charge in [-0.1, -0.05) is 115 Å². The summed E-state index contributed by atoms with van der Waals surface area (Å²) in [5, 5.41) is 10.1. The van der Waals surface area contributed by atoms with E-state index in [1.165, 1.54) is 54.1 Å². The smallest absolute Gasteiger partial charge is 0.0562 e. The second kappa shape index (κ2) is 9.86. The van der Waals surface area contributed by atoms with Crippen LogP contribution in [0.4, 0.5) is 17.1 Å². The van der Waals surface area contributed by atoms with Gasteiger partial charge in [0.15, 0.2) is 0 Å². The van der Waals surface area contributed by atoms with E-state index in [4.69, 9.17) is 0 Å². The third kappa shape index (κ3) is 3.75. The quantitative estimate of drug-likeness (QED) is 0.194. The maximum absolute atomic E-state index is 2.41. The monoisotopic (exact) mass is 560 g/mol. The van der Waals surface area contributed by atoms with Crippen LogP contribution in [0.15, 0.2) is 170 Å². The first kappa shape index (κ1) is 24.7. The lowest BCUT2D eigenvalue weighted by Crippen LogP contribution is -2.10. The largest absolute Gasteiger partial charge is 0.310 e. The highest BCUT2D eigenvalue weighted by Gasteiger charge is 2.21. The van der Waals surface area contributed by atoms with Crippen LogP contribution < -0.4 is 4.90 Å². The highest BCUT2D eigenvalue weighted by Crippen LogP contribution is 2.44. The average molecular weight is 561 g/mol. The lowest BCUT2D eigenvalue weighted by Gasteiger charge is -2.27. The third-order valence-electron chi connectivity index (χ3n) is 8.91. The summed E-state index contributed by atoms with van der Waals surface area (Å²) in [6, 6.07) is 61.5. The molecule has 0 saturated carbocycles. The van der Waals surface area contributed by atoms with Crippen molar-refractivity contribution in [2.24, 2.45) is 0 Å². The summed E-state index contributed by atoms with van der Waals surface area (Å²) in [6.07, 6.45) is 0. The highest BCUT2D eigenvalue weighted by molar-refractivity contribution is 6.21. The van der Waals surface area contributed by atoms with E-state index < -0.39 is 0 Å². The van der Waals surface area contributed by atoms with Crippen molar-refractivity contribution in [1.29, 1.82) is 0 Å². The molecule has 0 aliphatic heterocycles. The van der Waals surface area contributed by atoms with E-state index >= 15 is 0 Å². The van der Waals surface area contributed by atoms with E-state index in [1.54, 1.807) is 0 Å². The van der Waals surface area contributed by atoms with Crippen LogP contribution in [0.1, 0.15) is 0 Å². The zero-order valence-electron chi connectivity index (χ0n) is 24.1. The van der Waals surface area contributed by atoms with Crippen molar-refractivity contribution >= 4 is 71.2 Å². The third-order valence-corrected chi connectivity index (χ3v) is 8.91. The van der Waals surface area contributed by atoms with Crippen LogP contribution in [0.25, 0.3) is 59.8 Å². The lowest BCUT2D eigenvalue weighted by molar-refractivity contribution is 1.18. The molecular weight excluding hydrogens is 532 g/mol. The topological polar surface area (TPSA) is 8.17 Å². The molecule has 0 bridgehead atoms. The number of benzene rings is 8. The van der Waals surface area contributed by atoms with Crippen molar-refractivity contribution < 1.29 is 0 Å². The fourth-order valence-electron chi connectivity index (χ4n) is 7.01. The fraction of sp³-hybridized carbons (Fsp3) is 0. The standard InChI is InChI=1S/C42H28N2/c1-3-13-32(14-4-1)43(34-26-27-36-31(28-34)25-24-30-23-22-29-12-7-8-17-35(29)41(30)36)39-20-11-21-40-42(39)37-18-9-10-19-38(37)44(40)33-15-5-2-6-16-33/h1-28H. The van der Waals surface area contributed by atoms with Crippen molar-refractivity contribution in [3.05, 3.63) is 170 Å². The zero-order valence-corrected chi connectivity index (χ0v) is 24.1. The number of fused-ring (bicyclic) bond motifs is 8. The minimum absolute atomic E-state index is 1.13. The Hall–Kier alpha value is -5.86. The van der Waals surface area contributed by atoms with Crippen LogP contribution in [0, 0.1) is 0 Å². The molecular formula is C42H28N2. The normalized spacial score (nSPS) is 11.6. The minimum Gasteiger partial charge on any atom is -0.310 e. The van der Waals surface area contributed by atoms with Gasteiger partial charge < -0.3 is 9.47 Å². The Morgan fingerprint density at radius 2 is 1.00 bits per heavy atom.